The first kappa shape index (κ1) is 25.6. The quantitative estimate of drug-likeness (QED) is 0.349. The Bertz CT molecular complexity index is 1060. The lowest BCUT2D eigenvalue weighted by Crippen LogP contribution is -2.18. The molecule has 3 aromatic rings. The average molecular weight is 486 g/mol. The Morgan fingerprint density at radius 1 is 0.853 bits per heavy atom. The summed E-state index contributed by atoms with van der Waals surface area (Å²) in [5.41, 5.74) is -1.26. The number of ether oxygens (including phenoxy) is 1. The lowest BCUT2D eigenvalue weighted by atomic mass is 9.93. The molecule has 3 aromatic carbocycles. The summed E-state index contributed by atoms with van der Waals surface area (Å²) in [6.45, 7) is 1.21. The largest absolute Gasteiger partial charge is 0.373 e. The molecule has 0 spiro atoms. The highest BCUT2D eigenvalue weighted by atomic mass is 19.3. The lowest BCUT2D eigenvalue weighted by Gasteiger charge is -2.27. The Hall–Kier alpha value is -3.07. The van der Waals surface area contributed by atoms with Crippen molar-refractivity contribution in [1.82, 2.24) is 0 Å². The van der Waals surface area contributed by atoms with Crippen LogP contribution in [-0.4, -0.2) is 6.61 Å². The van der Waals surface area contributed by atoms with E-state index in [0.29, 0.717) is 24.5 Å². The van der Waals surface area contributed by atoms with Gasteiger partial charge in [0.25, 0.3) is 0 Å². The zero-order valence-corrected chi connectivity index (χ0v) is 18.1. The van der Waals surface area contributed by atoms with Crippen molar-refractivity contribution in [3.05, 3.63) is 88.7 Å². The zero-order chi connectivity index (χ0) is 24.8. The molecule has 2 unspecified atom stereocenters. The first-order chi connectivity index (χ1) is 16.2. The van der Waals surface area contributed by atoms with E-state index in [-0.39, 0.29) is 11.3 Å². The van der Waals surface area contributed by atoms with E-state index in [2.05, 4.69) is 4.94 Å². The van der Waals surface area contributed by atoms with Crippen LogP contribution in [0.1, 0.15) is 37.0 Å². The highest BCUT2D eigenvalue weighted by Gasteiger charge is 2.24. The molecule has 0 radical (unpaired) electrons. The molecule has 0 saturated carbocycles. The minimum absolute atomic E-state index is 0.0106. The van der Waals surface area contributed by atoms with E-state index in [9.17, 15) is 30.9 Å². The SMILES string of the molecule is CC1CCC(c2cc(F)c(-c3cc(F)c(CF)c(F)c3)c(F)c2)OC1.FOc1ccc(F)cc1. The summed E-state index contributed by atoms with van der Waals surface area (Å²) in [7, 11) is 0. The van der Waals surface area contributed by atoms with Crippen LogP contribution < -0.4 is 4.94 Å². The van der Waals surface area contributed by atoms with Gasteiger partial charge in [-0.3, -0.25) is 4.94 Å². The molecule has 1 saturated heterocycles. The lowest BCUT2D eigenvalue weighted by molar-refractivity contribution is -0.0126. The average Bonchev–Trinajstić information content (AvgIpc) is 2.80. The Morgan fingerprint density at radius 2 is 1.44 bits per heavy atom. The third-order valence-electron chi connectivity index (χ3n) is 5.41. The van der Waals surface area contributed by atoms with E-state index in [1.807, 2.05) is 6.92 Å². The topological polar surface area (TPSA) is 18.5 Å². The molecule has 1 fully saturated rings. The monoisotopic (exact) mass is 486 g/mol. The van der Waals surface area contributed by atoms with Gasteiger partial charge >= 0.3 is 0 Å². The van der Waals surface area contributed by atoms with Crippen molar-refractivity contribution in [1.29, 1.82) is 0 Å². The second-order valence-electron chi connectivity index (χ2n) is 7.95. The maximum Gasteiger partial charge on any atom is 0.172 e. The van der Waals surface area contributed by atoms with Gasteiger partial charge in [-0.05, 0) is 78.4 Å². The van der Waals surface area contributed by atoms with Crippen molar-refractivity contribution >= 4 is 0 Å². The molecule has 34 heavy (non-hydrogen) atoms. The van der Waals surface area contributed by atoms with Gasteiger partial charge in [0.15, 0.2) is 5.75 Å². The molecular formula is C25H21F7O2. The number of alkyl halides is 1. The normalized spacial score (nSPS) is 17.6. The van der Waals surface area contributed by atoms with E-state index in [0.717, 1.165) is 42.8 Å². The number of hydrogen-bond donors (Lipinski definition) is 0. The zero-order valence-electron chi connectivity index (χ0n) is 18.1. The Morgan fingerprint density at radius 3 is 1.91 bits per heavy atom. The molecule has 1 heterocycles. The first-order valence-corrected chi connectivity index (χ1v) is 10.4. The summed E-state index contributed by atoms with van der Waals surface area (Å²) in [5, 5.41) is 0. The summed E-state index contributed by atoms with van der Waals surface area (Å²) in [5.74, 6) is -4.24. The van der Waals surface area contributed by atoms with Crippen molar-refractivity contribution in [2.45, 2.75) is 32.5 Å². The Balaban J connectivity index is 0.000000302. The fourth-order valence-corrected chi connectivity index (χ4v) is 3.56. The molecule has 2 nitrogen and oxygen atoms in total. The third-order valence-corrected chi connectivity index (χ3v) is 5.41. The summed E-state index contributed by atoms with van der Waals surface area (Å²) >= 11 is 0. The molecule has 1 aliphatic rings. The summed E-state index contributed by atoms with van der Waals surface area (Å²) < 4.78 is 97.8. The predicted molar refractivity (Wildman–Crippen MR) is 112 cm³/mol. The van der Waals surface area contributed by atoms with Gasteiger partial charge in [0.05, 0.1) is 17.2 Å². The molecule has 4 rings (SSSR count). The van der Waals surface area contributed by atoms with Crippen LogP contribution in [0.2, 0.25) is 0 Å². The van der Waals surface area contributed by atoms with E-state index >= 15 is 0 Å². The van der Waals surface area contributed by atoms with Crippen molar-refractivity contribution in [3.63, 3.8) is 0 Å². The molecule has 2 atom stereocenters. The maximum absolute atomic E-state index is 14.5. The van der Waals surface area contributed by atoms with Gasteiger partial charge in [-0.15, -0.1) is 0 Å². The van der Waals surface area contributed by atoms with Crippen LogP contribution in [0.15, 0.2) is 48.5 Å². The molecule has 0 N–H and O–H groups in total. The van der Waals surface area contributed by atoms with Gasteiger partial charge in [-0.25, -0.2) is 26.3 Å². The minimum atomic E-state index is -1.33. The van der Waals surface area contributed by atoms with Crippen molar-refractivity contribution in [2.75, 3.05) is 6.61 Å². The van der Waals surface area contributed by atoms with Crippen LogP contribution in [0.25, 0.3) is 11.1 Å². The fraction of sp³-hybridized carbons (Fsp3) is 0.280. The third kappa shape index (κ3) is 6.08. The van der Waals surface area contributed by atoms with Gasteiger partial charge in [0.1, 0.15) is 35.8 Å². The van der Waals surface area contributed by atoms with Crippen LogP contribution in [0, 0.1) is 35.0 Å². The molecule has 0 aromatic heterocycles. The van der Waals surface area contributed by atoms with E-state index in [1.54, 1.807) is 0 Å². The van der Waals surface area contributed by atoms with Gasteiger partial charge in [0, 0.05) is 11.1 Å². The minimum Gasteiger partial charge on any atom is -0.373 e. The van der Waals surface area contributed by atoms with Crippen LogP contribution in [0.4, 0.5) is 30.9 Å². The first-order valence-electron chi connectivity index (χ1n) is 10.4. The maximum atomic E-state index is 14.5. The van der Waals surface area contributed by atoms with Crippen LogP contribution in [0.3, 0.4) is 0 Å². The molecule has 0 amide bonds. The number of hydrogen-bond acceptors (Lipinski definition) is 2. The Labute approximate surface area is 191 Å². The second-order valence-corrected chi connectivity index (χ2v) is 7.95. The standard InChI is InChI=1S/C19H17F5O.C6H4F2O/c1-10-2-3-18(25-9-10)11-4-16(23)19(17(24)5-11)12-6-14(21)13(8-20)15(22)7-12;7-5-1-3-6(9-8)4-2-5/h4-7,10,18H,2-3,8-9H2,1H3;1-4H. The summed E-state index contributed by atoms with van der Waals surface area (Å²) in [6, 6.07) is 8.36. The van der Waals surface area contributed by atoms with Gasteiger partial charge in [-0.2, -0.15) is 0 Å². The second kappa shape index (κ2) is 11.4. The fourth-order valence-electron chi connectivity index (χ4n) is 3.56. The van der Waals surface area contributed by atoms with Gasteiger partial charge in [0.2, 0.25) is 0 Å². The highest BCUT2D eigenvalue weighted by molar-refractivity contribution is 5.66. The van der Waals surface area contributed by atoms with E-state index < -0.39 is 53.0 Å². The molecular weight excluding hydrogens is 465 g/mol. The summed E-state index contributed by atoms with van der Waals surface area (Å²) in [6.07, 6.45) is 1.13. The molecule has 0 bridgehead atoms. The van der Waals surface area contributed by atoms with Crippen LogP contribution in [0.5, 0.6) is 5.75 Å². The van der Waals surface area contributed by atoms with Crippen LogP contribution >= 0.6 is 0 Å². The summed E-state index contributed by atoms with van der Waals surface area (Å²) in [4.78, 5) is 3.30. The van der Waals surface area contributed by atoms with E-state index in [4.69, 9.17) is 4.74 Å². The van der Waals surface area contributed by atoms with Gasteiger partial charge < -0.3 is 4.74 Å². The smallest absolute Gasteiger partial charge is 0.172 e. The van der Waals surface area contributed by atoms with Gasteiger partial charge in [-0.1, -0.05) is 6.92 Å². The van der Waals surface area contributed by atoms with Crippen molar-refractivity contribution in [2.24, 2.45) is 5.92 Å². The number of halogens is 7. The molecule has 9 heteroatoms. The van der Waals surface area contributed by atoms with Crippen molar-refractivity contribution in [3.8, 4) is 16.9 Å². The molecule has 1 aliphatic heterocycles. The molecule has 0 aliphatic carbocycles. The van der Waals surface area contributed by atoms with E-state index in [1.165, 1.54) is 12.1 Å². The number of benzene rings is 3. The highest BCUT2D eigenvalue weighted by Crippen LogP contribution is 2.35. The van der Waals surface area contributed by atoms with Crippen molar-refractivity contribution < 1.29 is 40.5 Å². The molecule has 182 valence electrons. The Kier molecular flexibility index (Phi) is 8.55. The van der Waals surface area contributed by atoms with Crippen LogP contribution in [-0.2, 0) is 11.4 Å². The number of rotatable bonds is 4. The predicted octanol–water partition coefficient (Wildman–Crippen LogP) is 7.96.